The molecule has 0 bridgehead atoms. The van der Waals surface area contributed by atoms with Crippen LogP contribution in [0.1, 0.15) is 38.3 Å². The molecule has 1 atom stereocenters. The van der Waals surface area contributed by atoms with Crippen molar-refractivity contribution in [3.05, 3.63) is 33.8 Å². The van der Waals surface area contributed by atoms with Crippen molar-refractivity contribution >= 4 is 15.9 Å². The zero-order valence-corrected chi connectivity index (χ0v) is 13.6. The Hall–Kier alpha value is -0.550. The number of hydrogen-bond donors (Lipinski definition) is 1. The van der Waals surface area contributed by atoms with E-state index in [1.807, 2.05) is 0 Å². The minimum Gasteiger partial charge on any atom is -0.313 e. The van der Waals surface area contributed by atoms with Gasteiger partial charge in [0.1, 0.15) is 0 Å². The summed E-state index contributed by atoms with van der Waals surface area (Å²) in [5.74, 6) is 0.427. The monoisotopic (exact) mass is 351 g/mol. The van der Waals surface area contributed by atoms with E-state index in [0.29, 0.717) is 10.4 Å². The number of rotatable bonds is 6. The van der Waals surface area contributed by atoms with Gasteiger partial charge in [0.05, 0.1) is 5.56 Å². The summed E-state index contributed by atoms with van der Waals surface area (Å²) in [6.45, 7) is 7.25. The van der Waals surface area contributed by atoms with Gasteiger partial charge in [-0.2, -0.15) is 13.2 Å². The van der Waals surface area contributed by atoms with E-state index in [2.05, 4.69) is 42.0 Å². The average molecular weight is 352 g/mol. The van der Waals surface area contributed by atoms with Crippen LogP contribution in [0.2, 0.25) is 0 Å². The molecular weight excluding hydrogens is 331 g/mol. The van der Waals surface area contributed by atoms with Crippen LogP contribution >= 0.6 is 15.9 Å². The third kappa shape index (κ3) is 5.09. The van der Waals surface area contributed by atoms with Gasteiger partial charge in [0.15, 0.2) is 0 Å². The maximum Gasteiger partial charge on any atom is 0.416 e. The second-order valence-corrected chi connectivity index (χ2v) is 6.17. The molecule has 0 aliphatic heterocycles. The predicted octanol–water partition coefficient (Wildman–Crippen LogP) is 5.03. The number of alkyl halides is 3. The largest absolute Gasteiger partial charge is 0.416 e. The molecule has 1 unspecified atom stereocenters. The highest BCUT2D eigenvalue weighted by Gasteiger charge is 2.31. The Morgan fingerprint density at radius 3 is 2.35 bits per heavy atom. The molecule has 5 heteroatoms. The summed E-state index contributed by atoms with van der Waals surface area (Å²) in [4.78, 5) is 0. The Balaban J connectivity index is 2.86. The van der Waals surface area contributed by atoms with Crippen LogP contribution < -0.4 is 5.32 Å². The SMILES string of the molecule is CCCNC(Cc1ccc(C(F)(F)F)cc1Br)C(C)C. The predicted molar refractivity (Wildman–Crippen MR) is 79.8 cm³/mol. The van der Waals surface area contributed by atoms with Crippen LogP contribution in [0.15, 0.2) is 22.7 Å². The van der Waals surface area contributed by atoms with Crippen molar-refractivity contribution in [2.45, 2.75) is 45.8 Å². The molecule has 1 rings (SSSR count). The first kappa shape index (κ1) is 17.5. The molecular formula is C15H21BrF3N. The summed E-state index contributed by atoms with van der Waals surface area (Å²) in [7, 11) is 0. The molecule has 1 N–H and O–H groups in total. The van der Waals surface area contributed by atoms with E-state index in [0.717, 1.165) is 37.1 Å². The van der Waals surface area contributed by atoms with E-state index in [-0.39, 0.29) is 6.04 Å². The Morgan fingerprint density at radius 1 is 1.25 bits per heavy atom. The molecule has 0 amide bonds. The number of hydrogen-bond acceptors (Lipinski definition) is 1. The standard InChI is InChI=1S/C15H21BrF3N/c1-4-7-20-14(10(2)3)8-11-5-6-12(9-13(11)16)15(17,18)19/h5-6,9-10,14,20H,4,7-8H2,1-3H3. The number of benzene rings is 1. The summed E-state index contributed by atoms with van der Waals surface area (Å²) in [6.07, 6.45) is -2.53. The summed E-state index contributed by atoms with van der Waals surface area (Å²) in [5, 5.41) is 3.45. The lowest BCUT2D eigenvalue weighted by Gasteiger charge is -2.23. The first-order chi connectivity index (χ1) is 9.25. The zero-order chi connectivity index (χ0) is 15.3. The van der Waals surface area contributed by atoms with E-state index in [9.17, 15) is 13.2 Å². The van der Waals surface area contributed by atoms with Crippen LogP contribution in [0.3, 0.4) is 0 Å². The molecule has 1 aromatic rings. The van der Waals surface area contributed by atoms with Crippen LogP contribution in [-0.2, 0) is 12.6 Å². The van der Waals surface area contributed by atoms with Gasteiger partial charge in [0, 0.05) is 10.5 Å². The zero-order valence-electron chi connectivity index (χ0n) is 12.0. The fourth-order valence-electron chi connectivity index (χ4n) is 2.00. The van der Waals surface area contributed by atoms with Crippen LogP contribution in [0, 0.1) is 5.92 Å². The van der Waals surface area contributed by atoms with Crippen LogP contribution in [0.25, 0.3) is 0 Å². The van der Waals surface area contributed by atoms with Crippen molar-refractivity contribution in [1.29, 1.82) is 0 Å². The maximum atomic E-state index is 12.6. The van der Waals surface area contributed by atoms with Gasteiger partial charge in [-0.1, -0.05) is 42.8 Å². The van der Waals surface area contributed by atoms with Gasteiger partial charge in [-0.05, 0) is 43.0 Å². The molecule has 1 aromatic carbocycles. The van der Waals surface area contributed by atoms with Crippen molar-refractivity contribution in [1.82, 2.24) is 5.32 Å². The van der Waals surface area contributed by atoms with Gasteiger partial charge >= 0.3 is 6.18 Å². The molecule has 0 heterocycles. The molecule has 1 nitrogen and oxygen atoms in total. The maximum absolute atomic E-state index is 12.6. The molecule has 0 saturated heterocycles. The van der Waals surface area contributed by atoms with Gasteiger partial charge in [0.2, 0.25) is 0 Å². The molecule has 0 saturated carbocycles. The Kier molecular flexibility index (Phi) is 6.52. The summed E-state index contributed by atoms with van der Waals surface area (Å²) >= 11 is 3.26. The molecule has 0 aliphatic carbocycles. The van der Waals surface area contributed by atoms with Gasteiger partial charge in [0.25, 0.3) is 0 Å². The third-order valence-corrected chi connectivity index (χ3v) is 4.02. The smallest absolute Gasteiger partial charge is 0.313 e. The highest BCUT2D eigenvalue weighted by molar-refractivity contribution is 9.10. The van der Waals surface area contributed by atoms with Crippen molar-refractivity contribution in [2.75, 3.05) is 6.54 Å². The number of halogens is 4. The Labute approximate surface area is 127 Å². The summed E-state index contributed by atoms with van der Waals surface area (Å²) < 4.78 is 38.4. The highest BCUT2D eigenvalue weighted by Crippen LogP contribution is 2.32. The van der Waals surface area contributed by atoms with Crippen LogP contribution in [0.5, 0.6) is 0 Å². The quantitative estimate of drug-likeness (QED) is 0.757. The third-order valence-electron chi connectivity index (χ3n) is 3.28. The lowest BCUT2D eigenvalue weighted by atomic mass is 9.95. The Bertz CT molecular complexity index is 430. The minimum absolute atomic E-state index is 0.267. The van der Waals surface area contributed by atoms with Crippen molar-refractivity contribution in [3.63, 3.8) is 0 Å². The number of nitrogens with one attached hydrogen (secondary N) is 1. The minimum atomic E-state index is -4.29. The Morgan fingerprint density at radius 2 is 1.90 bits per heavy atom. The summed E-state index contributed by atoms with van der Waals surface area (Å²) in [5.41, 5.74) is 0.288. The molecule has 0 radical (unpaired) electrons. The second-order valence-electron chi connectivity index (χ2n) is 5.31. The van der Waals surface area contributed by atoms with E-state index in [1.54, 1.807) is 6.07 Å². The van der Waals surface area contributed by atoms with Crippen molar-refractivity contribution < 1.29 is 13.2 Å². The molecule has 0 aromatic heterocycles. The second kappa shape index (κ2) is 7.46. The molecule has 0 aliphatic rings. The lowest BCUT2D eigenvalue weighted by molar-refractivity contribution is -0.137. The van der Waals surface area contributed by atoms with Crippen LogP contribution in [0.4, 0.5) is 13.2 Å². The van der Waals surface area contributed by atoms with E-state index < -0.39 is 11.7 Å². The average Bonchev–Trinajstić information content (AvgIpc) is 2.34. The van der Waals surface area contributed by atoms with Crippen molar-refractivity contribution in [2.24, 2.45) is 5.92 Å². The van der Waals surface area contributed by atoms with Gasteiger partial charge < -0.3 is 5.32 Å². The first-order valence-corrected chi connectivity index (χ1v) is 7.64. The molecule has 20 heavy (non-hydrogen) atoms. The van der Waals surface area contributed by atoms with E-state index in [1.165, 1.54) is 0 Å². The summed E-state index contributed by atoms with van der Waals surface area (Å²) in [6, 6.07) is 4.14. The lowest BCUT2D eigenvalue weighted by Crippen LogP contribution is -2.36. The van der Waals surface area contributed by atoms with Crippen molar-refractivity contribution in [3.8, 4) is 0 Å². The van der Waals surface area contributed by atoms with Gasteiger partial charge in [-0.3, -0.25) is 0 Å². The first-order valence-electron chi connectivity index (χ1n) is 6.84. The van der Waals surface area contributed by atoms with E-state index >= 15 is 0 Å². The molecule has 0 fully saturated rings. The van der Waals surface area contributed by atoms with Gasteiger partial charge in [-0.25, -0.2) is 0 Å². The fourth-order valence-corrected chi connectivity index (χ4v) is 2.54. The van der Waals surface area contributed by atoms with Gasteiger partial charge in [-0.15, -0.1) is 0 Å². The fraction of sp³-hybridized carbons (Fsp3) is 0.600. The topological polar surface area (TPSA) is 12.0 Å². The highest BCUT2D eigenvalue weighted by atomic mass is 79.9. The normalized spacial score (nSPS) is 13.8. The molecule has 114 valence electrons. The molecule has 0 spiro atoms. The van der Waals surface area contributed by atoms with Crippen LogP contribution in [-0.4, -0.2) is 12.6 Å². The van der Waals surface area contributed by atoms with E-state index in [4.69, 9.17) is 0 Å².